The van der Waals surface area contributed by atoms with E-state index >= 15 is 0 Å². The number of carbonyl (C=O) groups excluding carboxylic acids is 2. The third-order valence-corrected chi connectivity index (χ3v) is 8.70. The summed E-state index contributed by atoms with van der Waals surface area (Å²) in [5.74, 6) is -0.439. The predicted octanol–water partition coefficient (Wildman–Crippen LogP) is 13.2. The van der Waals surface area contributed by atoms with Crippen LogP contribution in [0, 0.1) is 0 Å². The molecule has 1 atom stereocenters. The first kappa shape index (κ1) is 44.9. The van der Waals surface area contributed by atoms with Gasteiger partial charge in [0.2, 0.25) is 0 Å². The molecule has 1 aromatic carbocycles. The molecule has 1 N–H and O–H groups in total. The van der Waals surface area contributed by atoms with Crippen LogP contribution in [0.2, 0.25) is 0 Å². The molecule has 0 spiro atoms. The number of ether oxygens (including phenoxy) is 2. The SMILES string of the molecule is CCCCCC=CCC=CCCCCCCCC(=O)OC[C@H](CNc1ccccc1)OC(=O)CCCCCCCC=CCC=CCCCCC. The Balaban J connectivity index is 2.19. The summed E-state index contributed by atoms with van der Waals surface area (Å²) in [6.45, 7) is 4.96. The molecule has 5 heteroatoms. The third kappa shape index (κ3) is 30.9. The average Bonchev–Trinajstić information content (AvgIpc) is 3.13. The molecule has 50 heavy (non-hydrogen) atoms. The lowest BCUT2D eigenvalue weighted by Gasteiger charge is -2.19. The molecule has 1 rings (SSSR count). The quantitative estimate of drug-likeness (QED) is 0.0443. The Labute approximate surface area is 307 Å². The zero-order valence-corrected chi connectivity index (χ0v) is 32.1. The molecule has 5 nitrogen and oxygen atoms in total. The van der Waals surface area contributed by atoms with Gasteiger partial charge in [-0.3, -0.25) is 9.59 Å². The molecule has 0 aliphatic carbocycles. The number of rotatable bonds is 34. The molecule has 0 aliphatic heterocycles. The first-order valence-electron chi connectivity index (χ1n) is 20.4. The molecule has 0 bridgehead atoms. The molecular weight excluding hydrogens is 618 g/mol. The molecule has 0 saturated heterocycles. The van der Waals surface area contributed by atoms with E-state index < -0.39 is 6.10 Å². The maximum absolute atomic E-state index is 12.7. The van der Waals surface area contributed by atoms with Crippen LogP contribution in [0.5, 0.6) is 0 Å². The number of esters is 2. The van der Waals surface area contributed by atoms with Gasteiger partial charge >= 0.3 is 11.9 Å². The summed E-state index contributed by atoms with van der Waals surface area (Å²) in [5, 5.41) is 3.31. The van der Waals surface area contributed by atoms with Crippen LogP contribution < -0.4 is 5.32 Å². The fourth-order valence-corrected chi connectivity index (χ4v) is 5.59. The maximum Gasteiger partial charge on any atom is 0.306 e. The molecule has 1 aromatic rings. The lowest BCUT2D eigenvalue weighted by atomic mass is 10.1. The molecule has 0 aromatic heterocycles. The van der Waals surface area contributed by atoms with E-state index in [0.717, 1.165) is 69.9 Å². The topological polar surface area (TPSA) is 64.6 Å². The Hall–Kier alpha value is -3.08. The smallest absolute Gasteiger partial charge is 0.306 e. The lowest BCUT2D eigenvalue weighted by molar-refractivity contribution is -0.158. The maximum atomic E-state index is 12.7. The van der Waals surface area contributed by atoms with E-state index in [0.29, 0.717) is 19.4 Å². The molecule has 0 fully saturated rings. The van der Waals surface area contributed by atoms with Gasteiger partial charge in [0.1, 0.15) is 6.61 Å². The van der Waals surface area contributed by atoms with Crippen molar-refractivity contribution in [1.82, 2.24) is 0 Å². The number of anilines is 1. The van der Waals surface area contributed by atoms with Gasteiger partial charge in [-0.2, -0.15) is 0 Å². The summed E-state index contributed by atoms with van der Waals surface area (Å²) in [4.78, 5) is 25.1. The van der Waals surface area contributed by atoms with Crippen molar-refractivity contribution < 1.29 is 19.1 Å². The molecule has 0 amide bonds. The first-order valence-corrected chi connectivity index (χ1v) is 20.4. The van der Waals surface area contributed by atoms with Gasteiger partial charge in [0.15, 0.2) is 6.10 Å². The van der Waals surface area contributed by atoms with Crippen molar-refractivity contribution in [3.8, 4) is 0 Å². The minimum Gasteiger partial charge on any atom is -0.462 e. The van der Waals surface area contributed by atoms with Crippen molar-refractivity contribution in [2.24, 2.45) is 0 Å². The lowest BCUT2D eigenvalue weighted by Crippen LogP contribution is -2.31. The second-order valence-electron chi connectivity index (χ2n) is 13.5. The van der Waals surface area contributed by atoms with Crippen LogP contribution in [0.3, 0.4) is 0 Å². The number of hydrogen-bond acceptors (Lipinski definition) is 5. The summed E-state index contributed by atoms with van der Waals surface area (Å²) in [7, 11) is 0. The minimum atomic E-state index is -0.519. The van der Waals surface area contributed by atoms with E-state index in [1.807, 2.05) is 30.3 Å². The van der Waals surface area contributed by atoms with Gasteiger partial charge in [0.05, 0.1) is 6.54 Å². The normalized spacial score (nSPS) is 12.4. The van der Waals surface area contributed by atoms with Gasteiger partial charge in [-0.05, 0) is 89.2 Å². The highest BCUT2D eigenvalue weighted by atomic mass is 16.6. The Bertz CT molecular complexity index is 1030. The van der Waals surface area contributed by atoms with Crippen LogP contribution >= 0.6 is 0 Å². The fourth-order valence-electron chi connectivity index (χ4n) is 5.59. The number of allylic oxidation sites excluding steroid dienone is 8. The highest BCUT2D eigenvalue weighted by Crippen LogP contribution is 2.12. The van der Waals surface area contributed by atoms with Crippen LogP contribution in [0.15, 0.2) is 78.9 Å². The predicted molar refractivity (Wildman–Crippen MR) is 214 cm³/mol. The number of nitrogens with one attached hydrogen (secondary N) is 1. The number of unbranched alkanes of at least 4 members (excludes halogenated alkanes) is 16. The third-order valence-electron chi connectivity index (χ3n) is 8.70. The monoisotopic (exact) mass is 692 g/mol. The second-order valence-corrected chi connectivity index (χ2v) is 13.5. The highest BCUT2D eigenvalue weighted by Gasteiger charge is 2.17. The van der Waals surface area contributed by atoms with Crippen LogP contribution in [-0.2, 0) is 19.1 Å². The van der Waals surface area contributed by atoms with Gasteiger partial charge in [0.25, 0.3) is 0 Å². The molecule has 0 unspecified atom stereocenters. The summed E-state index contributed by atoms with van der Waals surface area (Å²) in [6.07, 6.45) is 43.8. The zero-order chi connectivity index (χ0) is 36.0. The molecule has 0 radical (unpaired) electrons. The Morgan fingerprint density at radius 3 is 1.50 bits per heavy atom. The van der Waals surface area contributed by atoms with Gasteiger partial charge < -0.3 is 14.8 Å². The first-order chi connectivity index (χ1) is 24.7. The molecular formula is C45H73NO4. The summed E-state index contributed by atoms with van der Waals surface area (Å²) in [5.41, 5.74) is 0.943. The van der Waals surface area contributed by atoms with Crippen molar-refractivity contribution in [2.75, 3.05) is 18.5 Å². The molecule has 0 heterocycles. The zero-order valence-electron chi connectivity index (χ0n) is 32.1. The summed E-state index contributed by atoms with van der Waals surface area (Å²) in [6, 6.07) is 9.82. The number of carbonyl (C=O) groups is 2. The van der Waals surface area contributed by atoms with E-state index in [2.05, 4.69) is 67.8 Å². The van der Waals surface area contributed by atoms with Gasteiger partial charge in [-0.15, -0.1) is 0 Å². The van der Waals surface area contributed by atoms with Gasteiger partial charge in [0, 0.05) is 18.5 Å². The summed E-state index contributed by atoms with van der Waals surface area (Å²) >= 11 is 0. The van der Waals surface area contributed by atoms with E-state index in [1.54, 1.807) is 0 Å². The van der Waals surface area contributed by atoms with Crippen molar-refractivity contribution in [2.45, 2.75) is 174 Å². The van der Waals surface area contributed by atoms with E-state index in [1.165, 1.54) is 77.0 Å². The van der Waals surface area contributed by atoms with E-state index in [4.69, 9.17) is 9.47 Å². The van der Waals surface area contributed by atoms with Crippen molar-refractivity contribution in [3.63, 3.8) is 0 Å². The van der Waals surface area contributed by atoms with Crippen LogP contribution in [0.4, 0.5) is 5.69 Å². The van der Waals surface area contributed by atoms with Crippen molar-refractivity contribution in [1.29, 1.82) is 0 Å². The Kier molecular flexibility index (Phi) is 32.1. The Morgan fingerprint density at radius 1 is 0.560 bits per heavy atom. The van der Waals surface area contributed by atoms with E-state index in [-0.39, 0.29) is 18.5 Å². The van der Waals surface area contributed by atoms with E-state index in [9.17, 15) is 9.59 Å². The largest absolute Gasteiger partial charge is 0.462 e. The van der Waals surface area contributed by atoms with Crippen molar-refractivity contribution in [3.05, 3.63) is 78.9 Å². The number of benzene rings is 1. The standard InChI is InChI=1S/C45H73NO4/c1-3-5-7-9-11-13-15-17-19-21-23-25-27-29-34-38-44(47)49-41-43(40-46-42-36-32-31-33-37-42)50-45(48)39-35-30-28-26-24-22-20-18-16-14-12-10-8-6-4-2/h11-14,17-20,31-33,36-37,43,46H,3-10,15-16,21-30,34-35,38-41H2,1-2H3/t43-/m0/s1. The number of para-hydroxylation sites is 1. The average molecular weight is 692 g/mol. The molecule has 0 saturated carbocycles. The number of hydrogen-bond donors (Lipinski definition) is 1. The second kappa shape index (κ2) is 35.7. The van der Waals surface area contributed by atoms with Crippen molar-refractivity contribution >= 4 is 17.6 Å². The van der Waals surface area contributed by atoms with Gasteiger partial charge in [-0.1, -0.05) is 145 Å². The minimum absolute atomic E-state index is 0.0762. The summed E-state index contributed by atoms with van der Waals surface area (Å²) < 4.78 is 11.3. The van der Waals surface area contributed by atoms with Gasteiger partial charge in [-0.25, -0.2) is 0 Å². The Morgan fingerprint density at radius 2 is 1.00 bits per heavy atom. The van der Waals surface area contributed by atoms with Crippen LogP contribution in [0.1, 0.15) is 168 Å². The molecule has 0 aliphatic rings. The fraction of sp³-hybridized carbons (Fsp3) is 0.644. The molecule has 282 valence electrons. The van der Waals surface area contributed by atoms with Crippen LogP contribution in [0.25, 0.3) is 0 Å². The highest BCUT2D eigenvalue weighted by molar-refractivity contribution is 5.70. The van der Waals surface area contributed by atoms with Crippen LogP contribution in [-0.4, -0.2) is 31.2 Å².